The van der Waals surface area contributed by atoms with Crippen molar-refractivity contribution in [3.05, 3.63) is 105 Å². The van der Waals surface area contributed by atoms with E-state index in [0.29, 0.717) is 36.2 Å². The highest BCUT2D eigenvalue weighted by Gasteiger charge is 2.66. The van der Waals surface area contributed by atoms with E-state index in [0.717, 1.165) is 26.8 Å². The monoisotopic (exact) mass is 716 g/mol. The van der Waals surface area contributed by atoms with E-state index in [1.165, 1.54) is 4.68 Å². The number of para-hydroxylation sites is 1. The van der Waals surface area contributed by atoms with Gasteiger partial charge in [0.25, 0.3) is 11.5 Å². The Hall–Kier alpha value is -3.88. The van der Waals surface area contributed by atoms with Gasteiger partial charge in [0.1, 0.15) is 0 Å². The van der Waals surface area contributed by atoms with E-state index in [9.17, 15) is 19.5 Å². The lowest BCUT2D eigenvalue weighted by molar-refractivity contribution is -0.146. The number of fused-ring (bicyclic) bond motifs is 3. The van der Waals surface area contributed by atoms with Gasteiger partial charge in [0, 0.05) is 47.3 Å². The average Bonchev–Trinajstić information content (AvgIpc) is 3.77. The first-order valence-electron chi connectivity index (χ1n) is 15.8. The Bertz CT molecular complexity index is 2030. The maximum absolute atomic E-state index is 14.8. The largest absolute Gasteiger partial charge is 0.432 e. The number of aliphatic hydroxyl groups is 1. The van der Waals surface area contributed by atoms with Gasteiger partial charge in [-0.25, -0.2) is 4.68 Å². The van der Waals surface area contributed by atoms with E-state index >= 15 is 0 Å². The number of nitrogens with zero attached hydrogens (tertiary/aromatic N) is 5. The number of carbonyl (C=O) groups excluding carboxylic acids is 1. The number of anilines is 1. The average molecular weight is 718 g/mol. The van der Waals surface area contributed by atoms with E-state index in [2.05, 4.69) is 31.3 Å². The summed E-state index contributed by atoms with van der Waals surface area (Å²) in [6.45, 7) is 6.62. The van der Waals surface area contributed by atoms with Crippen LogP contribution in [0.15, 0.2) is 82.2 Å². The first kappa shape index (κ1) is 31.7. The molecule has 1 saturated heterocycles. The predicted molar refractivity (Wildman–Crippen MR) is 184 cm³/mol. The highest BCUT2D eigenvalue weighted by molar-refractivity contribution is 9.10. The van der Waals surface area contributed by atoms with Gasteiger partial charge in [0.15, 0.2) is 13.9 Å². The molecule has 47 heavy (non-hydrogen) atoms. The lowest BCUT2D eigenvalue weighted by atomic mass is 9.82. The number of halogens is 1. The fraction of sp³-hybridized carbons (Fsp3) is 0.353. The third-order valence-corrected chi connectivity index (χ3v) is 12.6. The van der Waals surface area contributed by atoms with E-state index in [1.807, 2.05) is 86.9 Å². The minimum Gasteiger partial charge on any atom is -0.432 e. The standard InChI is InChI=1S/C34H37BrN6O5Si/c1-21-31(47(2,3)45)30(13-15-39-20-24(14-16-42)36-38-39)46-34(21)27-18-23(35)11-12-29(27)40(33(34)44)19-22-7-6-8-25(17-22)41-32(43)26-9-4-5-10-28(26)37-41/h4-12,17-18,20-21,30-31,37,42,45H,13-16,19H2,1-3H3/t21-,30+,31-,34+/m1/s1. The third-order valence-electron chi connectivity index (χ3n) is 9.64. The van der Waals surface area contributed by atoms with Crippen molar-refractivity contribution < 1.29 is 19.4 Å². The zero-order valence-electron chi connectivity index (χ0n) is 26.4. The number of aromatic amines is 1. The van der Waals surface area contributed by atoms with Crippen LogP contribution in [0.3, 0.4) is 0 Å². The molecular weight excluding hydrogens is 680 g/mol. The molecule has 1 fully saturated rings. The summed E-state index contributed by atoms with van der Waals surface area (Å²) in [4.78, 5) is 41.4. The zero-order chi connectivity index (χ0) is 33.1. The molecule has 3 N–H and O–H groups in total. The van der Waals surface area contributed by atoms with Crippen LogP contribution in [0.2, 0.25) is 18.6 Å². The number of H-pyrrole nitrogens is 1. The fourth-order valence-corrected chi connectivity index (χ4v) is 10.6. The van der Waals surface area contributed by atoms with Gasteiger partial charge in [0.2, 0.25) is 0 Å². The van der Waals surface area contributed by atoms with Crippen molar-refractivity contribution in [2.24, 2.45) is 5.92 Å². The van der Waals surface area contributed by atoms with Gasteiger partial charge in [-0.3, -0.25) is 19.4 Å². The number of aryl methyl sites for hydroxylation is 1. The van der Waals surface area contributed by atoms with Crippen molar-refractivity contribution in [3.8, 4) is 5.69 Å². The van der Waals surface area contributed by atoms with Crippen LogP contribution in [0.4, 0.5) is 5.69 Å². The summed E-state index contributed by atoms with van der Waals surface area (Å²) in [5, 5.41) is 21.4. The van der Waals surface area contributed by atoms with Crippen molar-refractivity contribution in [2.45, 2.75) is 63.2 Å². The lowest BCUT2D eigenvalue weighted by Gasteiger charge is -2.32. The predicted octanol–water partition coefficient (Wildman–Crippen LogP) is 4.64. The minimum absolute atomic E-state index is 0.00372. The maximum Gasteiger partial charge on any atom is 0.279 e. The molecule has 1 amide bonds. The molecule has 2 aromatic heterocycles. The Balaban J connectivity index is 1.22. The summed E-state index contributed by atoms with van der Waals surface area (Å²) in [7, 11) is -2.84. The van der Waals surface area contributed by atoms with Gasteiger partial charge >= 0.3 is 0 Å². The van der Waals surface area contributed by atoms with E-state index in [-0.39, 0.29) is 36.1 Å². The lowest BCUT2D eigenvalue weighted by Crippen LogP contribution is -2.46. The smallest absolute Gasteiger partial charge is 0.279 e. The summed E-state index contributed by atoms with van der Waals surface area (Å²) in [5.41, 5.74) is 2.89. The molecular formula is C34H37BrN6O5Si. The normalized spacial score (nSPS) is 22.6. The number of aromatic nitrogens is 5. The Morgan fingerprint density at radius 3 is 2.66 bits per heavy atom. The molecule has 7 rings (SSSR count). The van der Waals surface area contributed by atoms with Gasteiger partial charge in [0.05, 0.1) is 40.6 Å². The number of rotatable bonds is 9. The molecule has 0 bridgehead atoms. The van der Waals surface area contributed by atoms with Gasteiger partial charge in [-0.15, -0.1) is 5.10 Å². The molecule has 1 spiro atoms. The molecule has 5 aromatic rings. The van der Waals surface area contributed by atoms with Crippen LogP contribution >= 0.6 is 15.9 Å². The molecule has 2 aliphatic rings. The highest BCUT2D eigenvalue weighted by atomic mass is 79.9. The van der Waals surface area contributed by atoms with Gasteiger partial charge in [-0.05, 0) is 67.5 Å². The quantitative estimate of drug-likeness (QED) is 0.189. The number of aliphatic hydroxyl groups excluding tert-OH is 1. The molecule has 4 heterocycles. The topological polar surface area (TPSA) is 138 Å². The SMILES string of the molecule is C[C@@H]1[C@@H]([Si](C)(C)O)[C@H](CCn2cc(CCO)nn2)O[C@@]12C(=O)N(Cc1cccc(-n3[nH]c4ccccc4c3=O)c1)c1ccc(Br)cc12. The fourth-order valence-electron chi connectivity index (χ4n) is 7.63. The minimum atomic E-state index is -2.84. The molecule has 13 heteroatoms. The molecule has 0 saturated carbocycles. The molecule has 0 aliphatic carbocycles. The summed E-state index contributed by atoms with van der Waals surface area (Å²) in [5.74, 6) is -0.468. The van der Waals surface area contributed by atoms with Gasteiger partial charge in [-0.2, -0.15) is 0 Å². The van der Waals surface area contributed by atoms with Crippen LogP contribution in [0.5, 0.6) is 0 Å². The van der Waals surface area contributed by atoms with Crippen molar-refractivity contribution in [3.63, 3.8) is 0 Å². The van der Waals surface area contributed by atoms with Crippen molar-refractivity contribution in [2.75, 3.05) is 11.5 Å². The number of benzene rings is 3. The van der Waals surface area contributed by atoms with E-state index in [1.54, 1.807) is 15.6 Å². The van der Waals surface area contributed by atoms with Crippen molar-refractivity contribution in [1.29, 1.82) is 0 Å². The second kappa shape index (κ2) is 12.0. The number of amides is 1. The van der Waals surface area contributed by atoms with Crippen LogP contribution < -0.4 is 10.5 Å². The summed E-state index contributed by atoms with van der Waals surface area (Å²) < 4.78 is 11.0. The molecule has 0 radical (unpaired) electrons. The number of hydrogen-bond acceptors (Lipinski definition) is 7. The highest BCUT2D eigenvalue weighted by Crippen LogP contribution is 2.60. The van der Waals surface area contributed by atoms with Crippen LogP contribution in [0.25, 0.3) is 16.6 Å². The zero-order valence-corrected chi connectivity index (χ0v) is 29.0. The second-order valence-electron chi connectivity index (χ2n) is 13.1. The molecule has 4 atom stereocenters. The molecule has 3 aromatic carbocycles. The number of hydrogen-bond donors (Lipinski definition) is 3. The molecule has 244 valence electrons. The summed E-state index contributed by atoms with van der Waals surface area (Å²) in [6, 6.07) is 20.8. The first-order chi connectivity index (χ1) is 22.5. The van der Waals surface area contributed by atoms with Crippen molar-refractivity contribution >= 4 is 46.7 Å². The Kier molecular flexibility index (Phi) is 8.08. The van der Waals surface area contributed by atoms with Crippen LogP contribution in [0, 0.1) is 5.92 Å². The molecule has 2 aliphatic heterocycles. The van der Waals surface area contributed by atoms with Crippen molar-refractivity contribution in [1.82, 2.24) is 24.8 Å². The number of carbonyl (C=O) groups is 1. The summed E-state index contributed by atoms with van der Waals surface area (Å²) in [6.07, 6.45) is 2.38. The van der Waals surface area contributed by atoms with Crippen LogP contribution in [-0.2, 0) is 34.6 Å². The number of nitrogens with one attached hydrogen (secondary N) is 1. The first-order valence-corrected chi connectivity index (χ1v) is 19.6. The Labute approximate surface area is 281 Å². The van der Waals surface area contributed by atoms with Crippen LogP contribution in [-0.4, -0.2) is 61.6 Å². The molecule has 11 nitrogen and oxygen atoms in total. The van der Waals surface area contributed by atoms with E-state index < -0.39 is 20.0 Å². The second-order valence-corrected chi connectivity index (χ2v) is 18.0. The van der Waals surface area contributed by atoms with Gasteiger partial charge < -0.3 is 19.5 Å². The Morgan fingerprint density at radius 2 is 1.89 bits per heavy atom. The van der Waals surface area contributed by atoms with E-state index in [4.69, 9.17) is 4.74 Å². The summed E-state index contributed by atoms with van der Waals surface area (Å²) >= 11 is 3.63. The number of ether oxygens (including phenoxy) is 1. The Morgan fingerprint density at radius 1 is 1.09 bits per heavy atom. The molecule has 0 unspecified atom stereocenters. The van der Waals surface area contributed by atoms with Crippen LogP contribution in [0.1, 0.15) is 30.2 Å². The maximum atomic E-state index is 14.8. The van der Waals surface area contributed by atoms with Gasteiger partial charge in [-0.1, -0.05) is 52.3 Å². The third kappa shape index (κ3) is 5.39.